The van der Waals surface area contributed by atoms with Gasteiger partial charge in [0, 0.05) is 31.6 Å². The second-order valence-corrected chi connectivity index (χ2v) is 7.81. The van der Waals surface area contributed by atoms with Gasteiger partial charge in [-0.15, -0.1) is 0 Å². The molecule has 6 nitrogen and oxygen atoms in total. The monoisotopic (exact) mass is 353 g/mol. The van der Waals surface area contributed by atoms with Gasteiger partial charge in [-0.25, -0.2) is 0 Å². The van der Waals surface area contributed by atoms with Gasteiger partial charge in [-0.3, -0.25) is 9.59 Å². The lowest BCUT2D eigenvalue weighted by molar-refractivity contribution is -0.137. The van der Waals surface area contributed by atoms with Gasteiger partial charge in [0.1, 0.15) is 6.61 Å². The molecule has 2 rings (SSSR count). The van der Waals surface area contributed by atoms with Crippen molar-refractivity contribution >= 4 is 11.8 Å². The van der Waals surface area contributed by atoms with Gasteiger partial charge < -0.3 is 19.9 Å². The maximum atomic E-state index is 12.2. The predicted molar refractivity (Wildman–Crippen MR) is 98.2 cm³/mol. The average molecular weight is 354 g/mol. The molecule has 0 bridgehead atoms. The number of rotatable bonds is 7. The van der Waals surface area contributed by atoms with Crippen molar-refractivity contribution in [2.24, 2.45) is 11.8 Å². The number of hydrogen-bond acceptors (Lipinski definition) is 4. The SMILES string of the molecule is CC1CCN(C(=O)COCCNC(=O)C2CCN(C(C)C)CC2)CC1. The molecule has 0 aromatic carbocycles. The van der Waals surface area contributed by atoms with Gasteiger partial charge >= 0.3 is 0 Å². The Hall–Kier alpha value is -1.14. The van der Waals surface area contributed by atoms with Crippen molar-refractivity contribution in [3.63, 3.8) is 0 Å². The van der Waals surface area contributed by atoms with Crippen LogP contribution in [0.4, 0.5) is 0 Å². The Labute approximate surface area is 152 Å². The molecular weight excluding hydrogens is 318 g/mol. The molecule has 2 saturated heterocycles. The molecule has 1 N–H and O–H groups in total. The van der Waals surface area contributed by atoms with E-state index in [2.05, 4.69) is 31.0 Å². The molecule has 144 valence electrons. The number of carbonyl (C=O) groups excluding carboxylic acids is 2. The quantitative estimate of drug-likeness (QED) is 0.705. The third kappa shape index (κ3) is 6.59. The van der Waals surface area contributed by atoms with Gasteiger partial charge in [-0.2, -0.15) is 0 Å². The van der Waals surface area contributed by atoms with Crippen molar-refractivity contribution in [3.05, 3.63) is 0 Å². The minimum Gasteiger partial charge on any atom is -0.370 e. The van der Waals surface area contributed by atoms with Crippen LogP contribution < -0.4 is 5.32 Å². The predicted octanol–water partition coefficient (Wildman–Crippen LogP) is 1.50. The smallest absolute Gasteiger partial charge is 0.248 e. The van der Waals surface area contributed by atoms with Crippen molar-refractivity contribution in [2.75, 3.05) is 45.9 Å². The molecule has 0 aromatic heterocycles. The van der Waals surface area contributed by atoms with Crippen LogP contribution in [0.5, 0.6) is 0 Å². The van der Waals surface area contributed by atoms with Crippen LogP contribution >= 0.6 is 0 Å². The van der Waals surface area contributed by atoms with E-state index in [-0.39, 0.29) is 24.3 Å². The molecule has 2 heterocycles. The molecule has 6 heteroatoms. The largest absolute Gasteiger partial charge is 0.370 e. The Morgan fingerprint density at radius 2 is 1.72 bits per heavy atom. The van der Waals surface area contributed by atoms with Gasteiger partial charge in [0.2, 0.25) is 11.8 Å². The Morgan fingerprint density at radius 3 is 2.32 bits per heavy atom. The molecule has 0 unspecified atom stereocenters. The van der Waals surface area contributed by atoms with Gasteiger partial charge in [-0.1, -0.05) is 6.92 Å². The van der Waals surface area contributed by atoms with Gasteiger partial charge in [0.25, 0.3) is 0 Å². The van der Waals surface area contributed by atoms with Gasteiger partial charge in [-0.05, 0) is 58.5 Å². The standard InChI is InChI=1S/C19H35N3O3/c1-15(2)21-11-6-17(7-12-21)19(24)20-8-13-25-14-18(23)22-9-4-16(3)5-10-22/h15-17H,4-14H2,1-3H3,(H,20,24). The summed E-state index contributed by atoms with van der Waals surface area (Å²) >= 11 is 0. The Balaban J connectivity index is 1.53. The molecule has 0 spiro atoms. The Kier molecular flexibility index (Phi) is 8.16. The molecule has 0 atom stereocenters. The van der Waals surface area contributed by atoms with E-state index in [1.54, 1.807) is 0 Å². The lowest BCUT2D eigenvalue weighted by Crippen LogP contribution is -2.43. The van der Waals surface area contributed by atoms with Crippen molar-refractivity contribution < 1.29 is 14.3 Å². The summed E-state index contributed by atoms with van der Waals surface area (Å²) in [5.41, 5.74) is 0. The minimum absolute atomic E-state index is 0.0688. The first-order chi connectivity index (χ1) is 12.0. The second kappa shape index (κ2) is 10.1. The highest BCUT2D eigenvalue weighted by Gasteiger charge is 2.25. The lowest BCUT2D eigenvalue weighted by atomic mass is 9.95. The fourth-order valence-electron chi connectivity index (χ4n) is 3.58. The normalized spacial score (nSPS) is 20.9. The topological polar surface area (TPSA) is 61.9 Å². The van der Waals surface area contributed by atoms with Gasteiger partial charge in [0.05, 0.1) is 6.61 Å². The molecular formula is C19H35N3O3. The first kappa shape index (κ1) is 20.2. The lowest BCUT2D eigenvalue weighted by Gasteiger charge is -2.33. The number of carbonyl (C=O) groups is 2. The second-order valence-electron chi connectivity index (χ2n) is 7.81. The highest BCUT2D eigenvalue weighted by molar-refractivity contribution is 5.79. The number of nitrogens with one attached hydrogen (secondary N) is 1. The third-order valence-corrected chi connectivity index (χ3v) is 5.54. The maximum Gasteiger partial charge on any atom is 0.248 e. The van der Waals surface area contributed by atoms with Crippen molar-refractivity contribution in [3.8, 4) is 0 Å². The highest BCUT2D eigenvalue weighted by atomic mass is 16.5. The third-order valence-electron chi connectivity index (χ3n) is 5.54. The first-order valence-electron chi connectivity index (χ1n) is 9.84. The number of piperidine rings is 2. The molecule has 2 amide bonds. The van der Waals surface area contributed by atoms with E-state index in [1.165, 1.54) is 0 Å². The first-order valence-corrected chi connectivity index (χ1v) is 9.84. The van der Waals surface area contributed by atoms with Crippen LogP contribution in [0.3, 0.4) is 0 Å². The number of hydrogen-bond donors (Lipinski definition) is 1. The highest BCUT2D eigenvalue weighted by Crippen LogP contribution is 2.19. The minimum atomic E-state index is 0.0688. The number of nitrogens with zero attached hydrogens (tertiary/aromatic N) is 2. The summed E-state index contributed by atoms with van der Waals surface area (Å²) in [6, 6.07) is 0.554. The zero-order valence-corrected chi connectivity index (χ0v) is 16.1. The summed E-state index contributed by atoms with van der Waals surface area (Å²) in [7, 11) is 0. The number of amides is 2. The van der Waals surface area contributed by atoms with Crippen LogP contribution in [0.1, 0.15) is 46.5 Å². The zero-order chi connectivity index (χ0) is 18.2. The summed E-state index contributed by atoms with van der Waals surface area (Å²) in [5.74, 6) is 1.03. The van der Waals surface area contributed by atoms with Crippen molar-refractivity contribution in [2.45, 2.75) is 52.5 Å². The fourth-order valence-corrected chi connectivity index (χ4v) is 3.58. The zero-order valence-electron chi connectivity index (χ0n) is 16.1. The van der Waals surface area contributed by atoms with E-state index in [1.807, 2.05) is 4.90 Å². The van der Waals surface area contributed by atoms with Crippen LogP contribution in [-0.2, 0) is 14.3 Å². The molecule has 0 radical (unpaired) electrons. The van der Waals surface area contributed by atoms with Crippen LogP contribution in [0.15, 0.2) is 0 Å². The Morgan fingerprint density at radius 1 is 1.08 bits per heavy atom. The molecule has 25 heavy (non-hydrogen) atoms. The summed E-state index contributed by atoms with van der Waals surface area (Å²) in [6.45, 7) is 11.3. The molecule has 2 aliphatic rings. The molecule has 0 aliphatic carbocycles. The Bertz CT molecular complexity index is 426. The van der Waals surface area contributed by atoms with Gasteiger partial charge in [0.15, 0.2) is 0 Å². The summed E-state index contributed by atoms with van der Waals surface area (Å²) in [6.07, 6.45) is 4.02. The molecule has 2 aliphatic heterocycles. The molecule has 0 saturated carbocycles. The van der Waals surface area contributed by atoms with E-state index < -0.39 is 0 Å². The van der Waals surface area contributed by atoms with E-state index in [4.69, 9.17) is 4.74 Å². The number of ether oxygens (including phenoxy) is 1. The number of likely N-dealkylation sites (tertiary alicyclic amines) is 2. The van der Waals surface area contributed by atoms with Crippen LogP contribution in [-0.4, -0.2) is 73.6 Å². The summed E-state index contributed by atoms with van der Waals surface area (Å²) in [4.78, 5) is 28.5. The van der Waals surface area contributed by atoms with Crippen molar-refractivity contribution in [1.29, 1.82) is 0 Å². The van der Waals surface area contributed by atoms with E-state index >= 15 is 0 Å². The van der Waals surface area contributed by atoms with Crippen LogP contribution in [0, 0.1) is 11.8 Å². The van der Waals surface area contributed by atoms with E-state index in [9.17, 15) is 9.59 Å². The van der Waals surface area contributed by atoms with Crippen LogP contribution in [0.25, 0.3) is 0 Å². The fraction of sp³-hybridized carbons (Fsp3) is 0.895. The van der Waals surface area contributed by atoms with E-state index in [0.717, 1.165) is 51.9 Å². The van der Waals surface area contributed by atoms with Crippen LogP contribution in [0.2, 0.25) is 0 Å². The van der Waals surface area contributed by atoms with Crippen molar-refractivity contribution in [1.82, 2.24) is 15.1 Å². The maximum absolute atomic E-state index is 12.2. The summed E-state index contributed by atoms with van der Waals surface area (Å²) in [5, 5.41) is 2.95. The summed E-state index contributed by atoms with van der Waals surface area (Å²) < 4.78 is 5.45. The molecule has 2 fully saturated rings. The van der Waals surface area contributed by atoms with E-state index in [0.29, 0.717) is 25.1 Å². The molecule has 0 aromatic rings. The average Bonchev–Trinajstić information content (AvgIpc) is 2.61.